The molecule has 0 unspecified atom stereocenters. The Morgan fingerprint density at radius 3 is 2.61 bits per heavy atom. The predicted molar refractivity (Wildman–Crippen MR) is 69.5 cm³/mol. The van der Waals surface area contributed by atoms with Crippen LogP contribution in [0.15, 0.2) is 24.5 Å². The number of nitrogens with zero attached hydrogens (tertiary/aromatic N) is 2. The van der Waals surface area contributed by atoms with E-state index in [-0.39, 0.29) is 22.5 Å². The van der Waals surface area contributed by atoms with Gasteiger partial charge in [0.2, 0.25) is 11.8 Å². The Hall–Kier alpha value is -1.72. The number of halogens is 2. The lowest BCUT2D eigenvalue weighted by Crippen LogP contribution is -2.00. The van der Waals surface area contributed by atoms with Gasteiger partial charge in [0.15, 0.2) is 5.69 Å². The maximum atomic E-state index is 6.00. The van der Waals surface area contributed by atoms with Crippen LogP contribution in [0.3, 0.4) is 0 Å². The van der Waals surface area contributed by atoms with Crippen LogP contribution in [0.25, 0.3) is 0 Å². The molecule has 0 aliphatic rings. The van der Waals surface area contributed by atoms with Crippen LogP contribution in [-0.4, -0.2) is 17.1 Å². The van der Waals surface area contributed by atoms with Crippen molar-refractivity contribution in [1.29, 1.82) is 0 Å². The average molecular weight is 286 g/mol. The first-order chi connectivity index (χ1) is 8.63. The Bertz CT molecular complexity index is 578. The summed E-state index contributed by atoms with van der Waals surface area (Å²) >= 11 is 11.9. The van der Waals surface area contributed by atoms with Crippen LogP contribution in [0, 0.1) is 0 Å². The molecule has 0 saturated heterocycles. The summed E-state index contributed by atoms with van der Waals surface area (Å²) in [7, 11) is 1.45. The van der Waals surface area contributed by atoms with Gasteiger partial charge in [0, 0.05) is 0 Å². The molecule has 2 rings (SSSR count). The van der Waals surface area contributed by atoms with E-state index >= 15 is 0 Å². The van der Waals surface area contributed by atoms with Gasteiger partial charge in [-0.1, -0.05) is 29.3 Å². The number of hydrogen-bond donors (Lipinski definition) is 1. The SMILES string of the molecule is COc1ncnc(Oc2cccc(Cl)c2Cl)c1N. The lowest BCUT2D eigenvalue weighted by Gasteiger charge is -2.10. The Balaban J connectivity index is 2.37. The highest BCUT2D eigenvalue weighted by molar-refractivity contribution is 6.42. The van der Waals surface area contributed by atoms with E-state index in [0.717, 1.165) is 0 Å². The van der Waals surface area contributed by atoms with Crippen molar-refractivity contribution in [2.45, 2.75) is 0 Å². The zero-order chi connectivity index (χ0) is 13.1. The van der Waals surface area contributed by atoms with E-state index in [1.54, 1.807) is 18.2 Å². The number of benzene rings is 1. The standard InChI is InChI=1S/C11H9Cl2N3O2/c1-17-10-9(14)11(16-5-15-10)18-7-4-2-3-6(12)8(7)13/h2-5H,14H2,1H3. The molecule has 1 heterocycles. The molecule has 2 aromatic rings. The van der Waals surface area contributed by atoms with Crippen molar-refractivity contribution in [3.05, 3.63) is 34.6 Å². The number of anilines is 1. The molecular formula is C11H9Cl2N3O2. The fourth-order valence-corrected chi connectivity index (χ4v) is 1.61. The normalized spacial score (nSPS) is 10.2. The highest BCUT2D eigenvalue weighted by Gasteiger charge is 2.13. The van der Waals surface area contributed by atoms with E-state index in [9.17, 15) is 0 Å². The summed E-state index contributed by atoms with van der Waals surface area (Å²) in [4.78, 5) is 7.75. The largest absolute Gasteiger partial charge is 0.479 e. The second kappa shape index (κ2) is 5.29. The number of ether oxygens (including phenoxy) is 2. The summed E-state index contributed by atoms with van der Waals surface area (Å²) in [5.74, 6) is 0.751. The Kier molecular flexibility index (Phi) is 3.74. The van der Waals surface area contributed by atoms with Crippen LogP contribution < -0.4 is 15.2 Å². The maximum absolute atomic E-state index is 6.00. The number of aromatic nitrogens is 2. The Labute approximate surface area is 113 Å². The molecule has 1 aromatic heterocycles. The van der Waals surface area contributed by atoms with Crippen molar-refractivity contribution in [2.75, 3.05) is 12.8 Å². The summed E-state index contributed by atoms with van der Waals surface area (Å²) in [6, 6.07) is 5.01. The van der Waals surface area contributed by atoms with E-state index in [1.165, 1.54) is 13.4 Å². The summed E-state index contributed by atoms with van der Waals surface area (Å²) in [6.07, 6.45) is 1.28. The maximum Gasteiger partial charge on any atom is 0.249 e. The topological polar surface area (TPSA) is 70.3 Å². The highest BCUT2D eigenvalue weighted by atomic mass is 35.5. The van der Waals surface area contributed by atoms with Crippen molar-refractivity contribution in [3.63, 3.8) is 0 Å². The first kappa shape index (κ1) is 12.7. The van der Waals surface area contributed by atoms with Gasteiger partial charge in [0.1, 0.15) is 17.1 Å². The Morgan fingerprint density at radius 2 is 1.89 bits per heavy atom. The predicted octanol–water partition coefficient (Wildman–Crippen LogP) is 3.17. The number of nitrogen functional groups attached to an aromatic ring is 1. The highest BCUT2D eigenvalue weighted by Crippen LogP contribution is 2.36. The van der Waals surface area contributed by atoms with Crippen LogP contribution in [0.5, 0.6) is 17.5 Å². The minimum absolute atomic E-state index is 0.158. The molecule has 0 bridgehead atoms. The molecule has 94 valence electrons. The average Bonchev–Trinajstić information content (AvgIpc) is 2.37. The molecule has 0 fully saturated rings. The lowest BCUT2D eigenvalue weighted by molar-refractivity contribution is 0.391. The monoisotopic (exact) mass is 285 g/mol. The van der Waals surface area contributed by atoms with Gasteiger partial charge in [-0.15, -0.1) is 0 Å². The van der Waals surface area contributed by atoms with Crippen LogP contribution >= 0.6 is 23.2 Å². The first-order valence-corrected chi connectivity index (χ1v) is 5.65. The second-order valence-corrected chi connectivity index (χ2v) is 4.04. The van der Waals surface area contributed by atoms with Crippen LogP contribution in [0.4, 0.5) is 5.69 Å². The van der Waals surface area contributed by atoms with Gasteiger partial charge in [-0.25, -0.2) is 0 Å². The molecule has 0 atom stereocenters. The molecule has 0 amide bonds. The zero-order valence-corrected chi connectivity index (χ0v) is 10.9. The summed E-state index contributed by atoms with van der Waals surface area (Å²) < 4.78 is 10.5. The van der Waals surface area contributed by atoms with E-state index < -0.39 is 0 Å². The molecule has 0 aliphatic carbocycles. The minimum Gasteiger partial charge on any atom is -0.479 e. The third kappa shape index (κ3) is 2.42. The molecule has 5 nitrogen and oxygen atoms in total. The molecule has 0 aliphatic heterocycles. The summed E-state index contributed by atoms with van der Waals surface area (Å²) in [6.45, 7) is 0. The number of nitrogens with two attached hydrogens (primary N) is 1. The number of methoxy groups -OCH3 is 1. The van der Waals surface area contributed by atoms with E-state index in [2.05, 4.69) is 9.97 Å². The molecule has 0 spiro atoms. The smallest absolute Gasteiger partial charge is 0.249 e. The number of hydrogen-bond acceptors (Lipinski definition) is 5. The Morgan fingerprint density at radius 1 is 1.17 bits per heavy atom. The van der Waals surface area contributed by atoms with Crippen molar-refractivity contribution in [1.82, 2.24) is 9.97 Å². The van der Waals surface area contributed by atoms with Gasteiger partial charge in [0.25, 0.3) is 0 Å². The van der Waals surface area contributed by atoms with Gasteiger partial charge in [-0.2, -0.15) is 9.97 Å². The van der Waals surface area contributed by atoms with Crippen LogP contribution in [0.1, 0.15) is 0 Å². The zero-order valence-electron chi connectivity index (χ0n) is 9.35. The lowest BCUT2D eigenvalue weighted by atomic mass is 10.3. The van der Waals surface area contributed by atoms with Gasteiger partial charge in [-0.3, -0.25) is 0 Å². The molecule has 2 N–H and O–H groups in total. The summed E-state index contributed by atoms with van der Waals surface area (Å²) in [5, 5.41) is 0.671. The van der Waals surface area contributed by atoms with E-state index in [4.69, 9.17) is 38.4 Å². The molecule has 1 aromatic carbocycles. The van der Waals surface area contributed by atoms with Crippen LogP contribution in [0.2, 0.25) is 10.0 Å². The minimum atomic E-state index is 0.158. The van der Waals surface area contributed by atoms with Crippen molar-refractivity contribution in [2.24, 2.45) is 0 Å². The van der Waals surface area contributed by atoms with Gasteiger partial charge in [-0.05, 0) is 12.1 Å². The van der Waals surface area contributed by atoms with Gasteiger partial charge in [0.05, 0.1) is 12.1 Å². The number of rotatable bonds is 3. The fraction of sp³-hybridized carbons (Fsp3) is 0.0909. The molecule has 0 radical (unpaired) electrons. The molecule has 0 saturated carbocycles. The van der Waals surface area contributed by atoms with E-state index in [1.807, 2.05) is 0 Å². The molecular weight excluding hydrogens is 277 g/mol. The van der Waals surface area contributed by atoms with E-state index in [0.29, 0.717) is 10.8 Å². The summed E-state index contributed by atoms with van der Waals surface area (Å²) in [5.41, 5.74) is 5.97. The quantitative estimate of drug-likeness (QED) is 0.938. The van der Waals surface area contributed by atoms with Crippen molar-refractivity contribution >= 4 is 28.9 Å². The van der Waals surface area contributed by atoms with Gasteiger partial charge >= 0.3 is 0 Å². The van der Waals surface area contributed by atoms with Crippen LogP contribution in [-0.2, 0) is 0 Å². The van der Waals surface area contributed by atoms with Gasteiger partial charge < -0.3 is 15.2 Å². The third-order valence-corrected chi connectivity index (χ3v) is 2.93. The second-order valence-electron chi connectivity index (χ2n) is 3.26. The molecule has 18 heavy (non-hydrogen) atoms. The van der Waals surface area contributed by atoms with Crippen molar-refractivity contribution < 1.29 is 9.47 Å². The fourth-order valence-electron chi connectivity index (χ4n) is 1.28. The van der Waals surface area contributed by atoms with Crippen molar-refractivity contribution in [3.8, 4) is 17.5 Å². The molecule has 7 heteroatoms. The third-order valence-electron chi connectivity index (χ3n) is 2.13. The first-order valence-electron chi connectivity index (χ1n) is 4.89.